The first-order chi connectivity index (χ1) is 50.7. The fourth-order valence-electron chi connectivity index (χ4n) is 10.6. The van der Waals surface area contributed by atoms with Crippen molar-refractivity contribution in [1.82, 2.24) is 0 Å². The maximum atomic E-state index is 13.1. The summed E-state index contributed by atoms with van der Waals surface area (Å²) in [7, 11) is -9.99. The van der Waals surface area contributed by atoms with Gasteiger partial charge in [-0.3, -0.25) is 37.3 Å². The van der Waals surface area contributed by atoms with Crippen molar-refractivity contribution in [2.45, 2.75) is 341 Å². The molecule has 0 heterocycles. The number of phosphoric ester groups is 2. The highest BCUT2D eigenvalue weighted by molar-refractivity contribution is 7.47. The van der Waals surface area contributed by atoms with Crippen LogP contribution in [0.4, 0.5) is 0 Å². The van der Waals surface area contributed by atoms with Crippen LogP contribution in [0, 0.1) is 0 Å². The van der Waals surface area contributed by atoms with Crippen molar-refractivity contribution in [2.75, 3.05) is 39.6 Å². The fraction of sp³-hybridized carbons (Fsp3) is 0.694. The summed E-state index contributed by atoms with van der Waals surface area (Å²) in [5, 5.41) is 10.6. The lowest BCUT2D eigenvalue weighted by Crippen LogP contribution is -2.30. The average molecular weight is 1500 g/mol. The van der Waals surface area contributed by atoms with E-state index in [1.54, 1.807) is 6.08 Å². The summed E-state index contributed by atoms with van der Waals surface area (Å²) in [6.07, 6.45) is 86.0. The van der Waals surface area contributed by atoms with Gasteiger partial charge in [-0.2, -0.15) is 0 Å². The molecule has 5 unspecified atom stereocenters. The van der Waals surface area contributed by atoms with Gasteiger partial charge < -0.3 is 33.8 Å². The van der Waals surface area contributed by atoms with Gasteiger partial charge in [0.15, 0.2) is 12.2 Å². The van der Waals surface area contributed by atoms with Crippen molar-refractivity contribution in [3.05, 3.63) is 134 Å². The van der Waals surface area contributed by atoms with Crippen molar-refractivity contribution in [3.8, 4) is 0 Å². The number of phosphoric acid groups is 2. The maximum Gasteiger partial charge on any atom is 0.472 e. The molecule has 0 aliphatic rings. The first-order valence-corrected chi connectivity index (χ1v) is 43.4. The second-order valence-electron chi connectivity index (χ2n) is 26.6. The third-order valence-electron chi connectivity index (χ3n) is 16.6. The van der Waals surface area contributed by atoms with E-state index in [2.05, 4.69) is 137 Å². The minimum atomic E-state index is -5.00. The number of hydrogen-bond donors (Lipinski definition) is 3. The topological polar surface area (TPSA) is 237 Å². The zero-order chi connectivity index (χ0) is 76.0. The molecular weight excluding hydrogens is 1350 g/mol. The Morgan fingerprint density at radius 2 is 0.538 bits per heavy atom. The molecule has 104 heavy (non-hydrogen) atoms. The number of carbonyl (C=O) groups is 4. The van der Waals surface area contributed by atoms with Gasteiger partial charge in [-0.05, 0) is 122 Å². The molecule has 5 atom stereocenters. The van der Waals surface area contributed by atoms with E-state index in [9.17, 15) is 43.2 Å². The van der Waals surface area contributed by atoms with Crippen LogP contribution in [0.25, 0.3) is 0 Å². The van der Waals surface area contributed by atoms with E-state index in [0.29, 0.717) is 25.7 Å². The molecule has 0 aliphatic carbocycles. The largest absolute Gasteiger partial charge is 0.472 e. The van der Waals surface area contributed by atoms with Crippen LogP contribution < -0.4 is 0 Å². The van der Waals surface area contributed by atoms with Gasteiger partial charge in [-0.1, -0.05) is 309 Å². The van der Waals surface area contributed by atoms with E-state index in [1.165, 1.54) is 83.5 Å². The van der Waals surface area contributed by atoms with Gasteiger partial charge in [0.2, 0.25) is 0 Å². The van der Waals surface area contributed by atoms with Crippen LogP contribution >= 0.6 is 15.6 Å². The molecule has 19 heteroatoms. The summed E-state index contributed by atoms with van der Waals surface area (Å²) in [5.41, 5.74) is 0. The van der Waals surface area contributed by atoms with E-state index < -0.39 is 97.5 Å². The number of aliphatic hydroxyl groups is 1. The van der Waals surface area contributed by atoms with Crippen LogP contribution in [0.1, 0.15) is 323 Å². The third kappa shape index (κ3) is 75.4. The number of ether oxygens (including phenoxy) is 4. The molecule has 0 bridgehead atoms. The summed E-state index contributed by atoms with van der Waals surface area (Å²) in [4.78, 5) is 73.0. The van der Waals surface area contributed by atoms with Crippen molar-refractivity contribution in [3.63, 3.8) is 0 Å². The summed E-state index contributed by atoms with van der Waals surface area (Å²) < 4.78 is 68.5. The van der Waals surface area contributed by atoms with Gasteiger partial charge in [0, 0.05) is 19.3 Å². The highest BCUT2D eigenvalue weighted by Crippen LogP contribution is 2.45. The molecule has 0 aliphatic heterocycles. The average Bonchev–Trinajstić information content (AvgIpc) is 0.912. The number of rotatable bonds is 75. The number of unbranched alkanes of at least 4 members (excludes halogenated alkanes) is 28. The molecule has 0 spiro atoms. The Bertz CT molecular complexity index is 2490. The van der Waals surface area contributed by atoms with Crippen molar-refractivity contribution in [1.29, 1.82) is 0 Å². The molecule has 596 valence electrons. The summed E-state index contributed by atoms with van der Waals surface area (Å²) in [6, 6.07) is 0. The van der Waals surface area contributed by atoms with E-state index >= 15 is 0 Å². The number of allylic oxidation sites excluding steroid dienone is 21. The summed E-state index contributed by atoms with van der Waals surface area (Å²) in [5.74, 6) is -2.35. The lowest BCUT2D eigenvalue weighted by Gasteiger charge is -2.21. The van der Waals surface area contributed by atoms with Crippen molar-refractivity contribution < 1.29 is 80.2 Å². The summed E-state index contributed by atoms with van der Waals surface area (Å²) >= 11 is 0. The van der Waals surface area contributed by atoms with Crippen LogP contribution in [0.3, 0.4) is 0 Å². The van der Waals surface area contributed by atoms with Gasteiger partial charge in [0.1, 0.15) is 19.3 Å². The number of carbonyl (C=O) groups excluding carboxylic acids is 4. The fourth-order valence-corrected chi connectivity index (χ4v) is 12.1. The lowest BCUT2D eigenvalue weighted by atomic mass is 10.0. The SMILES string of the molecule is CC/C=C\C/C=C\C/C=C\C/C=C\C/C=C\CC(=O)OCC(COP(=O)(O)OCC(O)COP(=O)(O)OCC(COC(=O)CCCCCCCC/C=C\C/C=C\C/C=C\CCCCC)OC(=O)CCCCCCC/C=C\C/C=C\C/C=C\CC)OC(=O)CCCCCCCCCCCCCCCCC. The Hall–Kier alpha value is -4.80. The Labute approximate surface area is 631 Å². The lowest BCUT2D eigenvalue weighted by molar-refractivity contribution is -0.161. The van der Waals surface area contributed by atoms with E-state index in [4.69, 9.17) is 37.0 Å². The standard InChI is InChI=1S/C85H144O17P2/c1-5-9-13-17-21-25-29-33-37-38-39-40-44-46-50-54-58-62-66-70-83(88)96-76-81(102-85(90)72-68-64-60-56-52-48-43-36-32-28-24-20-16-12-8-4)78-100-104(93,94)98-74-79(86)73-97-103(91,92)99-77-80(101-84(89)71-67-63-59-55-51-47-42-35-31-27-23-19-15-11-7-3)75-95-82(87)69-65-61-57-53-49-45-41-34-30-26-22-18-14-10-6-2/h10,12,14,16,21-22,24-26,28,33-34,36-37,39-41,43,49,53,61,65,79-81,86H,5-9,11,13,15,17-20,23,27,29-32,35,38,42,44-48,50-52,54-60,62-64,66-78H2,1-4H3,(H,91,92)(H,93,94)/b14-10-,16-12-,25-21-,26-22-,28-24-,37-33-,40-39-,41-34-,43-36-,53-49-,65-61-. The molecule has 0 aromatic heterocycles. The number of esters is 4. The Kier molecular flexibility index (Phi) is 72.9. The number of hydrogen-bond acceptors (Lipinski definition) is 15. The molecule has 0 saturated heterocycles. The Balaban J connectivity index is 5.43. The Morgan fingerprint density at radius 3 is 0.875 bits per heavy atom. The maximum absolute atomic E-state index is 13.1. The molecule has 0 aromatic carbocycles. The number of aliphatic hydroxyl groups excluding tert-OH is 1. The predicted molar refractivity (Wildman–Crippen MR) is 427 cm³/mol. The smallest absolute Gasteiger partial charge is 0.462 e. The first kappa shape index (κ1) is 99.2. The second kappa shape index (κ2) is 76.4. The van der Waals surface area contributed by atoms with E-state index in [1.807, 2.05) is 18.2 Å². The quantitative estimate of drug-likeness (QED) is 0.0169. The molecule has 3 N–H and O–H groups in total. The highest BCUT2D eigenvalue weighted by Gasteiger charge is 2.30. The third-order valence-corrected chi connectivity index (χ3v) is 18.5. The normalized spacial score (nSPS) is 14.6. The van der Waals surface area contributed by atoms with Gasteiger partial charge in [-0.15, -0.1) is 0 Å². The Morgan fingerprint density at radius 1 is 0.288 bits per heavy atom. The highest BCUT2D eigenvalue weighted by atomic mass is 31.2. The molecule has 0 aromatic rings. The van der Waals surface area contributed by atoms with Crippen molar-refractivity contribution >= 4 is 39.5 Å². The van der Waals surface area contributed by atoms with Gasteiger partial charge in [-0.25, -0.2) is 9.13 Å². The molecule has 0 saturated carbocycles. The van der Waals surface area contributed by atoms with Crippen LogP contribution in [0.15, 0.2) is 134 Å². The van der Waals surface area contributed by atoms with Crippen LogP contribution in [-0.2, 0) is 65.4 Å². The molecular formula is C85H144O17P2. The van der Waals surface area contributed by atoms with Crippen LogP contribution in [0.2, 0.25) is 0 Å². The van der Waals surface area contributed by atoms with Crippen molar-refractivity contribution in [2.24, 2.45) is 0 Å². The molecule has 0 amide bonds. The predicted octanol–water partition coefficient (Wildman–Crippen LogP) is 23.7. The minimum absolute atomic E-state index is 0.0678. The van der Waals surface area contributed by atoms with Gasteiger partial charge in [0.25, 0.3) is 0 Å². The molecule has 0 rings (SSSR count). The minimum Gasteiger partial charge on any atom is -0.462 e. The summed E-state index contributed by atoms with van der Waals surface area (Å²) in [6.45, 7) is 4.50. The molecule has 0 fully saturated rings. The van der Waals surface area contributed by atoms with Gasteiger partial charge >= 0.3 is 39.5 Å². The second-order valence-corrected chi connectivity index (χ2v) is 29.5. The van der Waals surface area contributed by atoms with Gasteiger partial charge in [0.05, 0.1) is 32.8 Å². The molecule has 0 radical (unpaired) electrons. The van der Waals surface area contributed by atoms with E-state index in [0.717, 1.165) is 161 Å². The zero-order valence-electron chi connectivity index (χ0n) is 65.2. The van der Waals surface area contributed by atoms with E-state index in [-0.39, 0.29) is 25.7 Å². The molecule has 17 nitrogen and oxygen atoms in total. The first-order valence-electron chi connectivity index (χ1n) is 40.4. The monoisotopic (exact) mass is 1500 g/mol. The van der Waals surface area contributed by atoms with Crippen LogP contribution in [-0.4, -0.2) is 96.7 Å². The zero-order valence-corrected chi connectivity index (χ0v) is 66.9. The van der Waals surface area contributed by atoms with Crippen LogP contribution in [0.5, 0.6) is 0 Å².